The van der Waals surface area contributed by atoms with Crippen LogP contribution in [0.15, 0.2) is 12.1 Å². The van der Waals surface area contributed by atoms with E-state index in [1.165, 1.54) is 0 Å². The largest absolute Gasteiger partial charge is 0.492 e. The number of hydrogen-bond donors (Lipinski definition) is 1. The number of nitrogens with one attached hydrogen (secondary N) is 1. The molecule has 1 aliphatic rings. The molecule has 1 aliphatic heterocycles. The molecule has 2 atom stereocenters. The minimum atomic E-state index is 0.204. The van der Waals surface area contributed by atoms with E-state index in [4.69, 9.17) is 32.7 Å². The van der Waals surface area contributed by atoms with Gasteiger partial charge in [0, 0.05) is 35.7 Å². The maximum Gasteiger partial charge on any atom is 0.142 e. The Bertz CT molecular complexity index is 440. The fourth-order valence-corrected chi connectivity index (χ4v) is 2.85. The molecule has 0 spiro atoms. The maximum atomic E-state index is 6.17. The Labute approximate surface area is 124 Å². The zero-order valence-electron chi connectivity index (χ0n) is 11.2. The van der Waals surface area contributed by atoms with Gasteiger partial charge in [0.25, 0.3) is 0 Å². The van der Waals surface area contributed by atoms with Gasteiger partial charge in [0.1, 0.15) is 5.75 Å². The van der Waals surface area contributed by atoms with Crippen LogP contribution in [-0.4, -0.2) is 25.9 Å². The lowest BCUT2D eigenvalue weighted by Crippen LogP contribution is -2.36. The highest BCUT2D eigenvalue weighted by molar-refractivity contribution is 6.35. The number of hydrogen-bond acceptors (Lipinski definition) is 3. The average Bonchev–Trinajstić information content (AvgIpc) is 2.37. The highest BCUT2D eigenvalue weighted by Gasteiger charge is 2.25. The molecule has 1 aromatic rings. The molecule has 2 rings (SSSR count). The minimum Gasteiger partial charge on any atom is -0.492 e. The predicted octanol–water partition coefficient (Wildman–Crippen LogP) is 3.83. The fraction of sp³-hybridized carbons (Fsp3) is 0.571. The van der Waals surface area contributed by atoms with Gasteiger partial charge < -0.3 is 14.8 Å². The van der Waals surface area contributed by atoms with Gasteiger partial charge in [-0.05, 0) is 26.0 Å². The van der Waals surface area contributed by atoms with Crippen LogP contribution in [0.1, 0.15) is 31.9 Å². The van der Waals surface area contributed by atoms with Crippen LogP contribution in [-0.2, 0) is 4.74 Å². The number of benzene rings is 1. The van der Waals surface area contributed by atoms with Gasteiger partial charge in [0.15, 0.2) is 0 Å². The van der Waals surface area contributed by atoms with E-state index in [-0.39, 0.29) is 12.1 Å². The standard InChI is InChI=1S/C14H19Cl2NO2/c1-3-18-8-9(2)17-13-4-5-19-14-11(13)6-10(15)7-12(14)16/h6-7,9,13,17H,3-5,8H2,1-2H3. The van der Waals surface area contributed by atoms with Gasteiger partial charge in [-0.15, -0.1) is 0 Å². The molecule has 0 amide bonds. The first-order valence-electron chi connectivity index (χ1n) is 6.57. The van der Waals surface area contributed by atoms with Crippen molar-refractivity contribution < 1.29 is 9.47 Å². The number of halogens is 2. The molecule has 1 aromatic carbocycles. The van der Waals surface area contributed by atoms with E-state index in [1.54, 1.807) is 6.07 Å². The molecule has 106 valence electrons. The zero-order valence-corrected chi connectivity index (χ0v) is 12.7. The van der Waals surface area contributed by atoms with Crippen LogP contribution < -0.4 is 10.1 Å². The van der Waals surface area contributed by atoms with Crippen molar-refractivity contribution in [3.8, 4) is 5.75 Å². The molecule has 19 heavy (non-hydrogen) atoms. The molecular weight excluding hydrogens is 285 g/mol. The van der Waals surface area contributed by atoms with Crippen molar-refractivity contribution in [2.24, 2.45) is 0 Å². The normalized spacial score (nSPS) is 19.7. The number of rotatable bonds is 5. The molecule has 1 heterocycles. The van der Waals surface area contributed by atoms with Crippen molar-refractivity contribution in [3.05, 3.63) is 27.7 Å². The molecule has 0 radical (unpaired) electrons. The summed E-state index contributed by atoms with van der Waals surface area (Å²) < 4.78 is 11.1. The van der Waals surface area contributed by atoms with Crippen LogP contribution in [0.25, 0.3) is 0 Å². The van der Waals surface area contributed by atoms with Crippen LogP contribution in [0.4, 0.5) is 0 Å². The van der Waals surface area contributed by atoms with Crippen molar-refractivity contribution in [1.82, 2.24) is 5.32 Å². The third-order valence-corrected chi connectivity index (χ3v) is 3.62. The molecule has 0 aliphatic carbocycles. The molecule has 0 fully saturated rings. The molecule has 0 saturated carbocycles. The van der Waals surface area contributed by atoms with Gasteiger partial charge in [-0.25, -0.2) is 0 Å². The van der Waals surface area contributed by atoms with E-state index >= 15 is 0 Å². The highest BCUT2D eigenvalue weighted by atomic mass is 35.5. The van der Waals surface area contributed by atoms with Gasteiger partial charge in [-0.1, -0.05) is 23.2 Å². The van der Waals surface area contributed by atoms with Gasteiger partial charge in [0.05, 0.1) is 18.2 Å². The van der Waals surface area contributed by atoms with Crippen LogP contribution in [0.2, 0.25) is 10.0 Å². The summed E-state index contributed by atoms with van der Waals surface area (Å²) in [6.07, 6.45) is 0.903. The molecule has 5 heteroatoms. The predicted molar refractivity (Wildman–Crippen MR) is 78.4 cm³/mol. The Hall–Kier alpha value is -0.480. The smallest absolute Gasteiger partial charge is 0.142 e. The Morgan fingerprint density at radius 3 is 3.00 bits per heavy atom. The lowest BCUT2D eigenvalue weighted by Gasteiger charge is -2.30. The van der Waals surface area contributed by atoms with E-state index in [0.717, 1.165) is 24.3 Å². The van der Waals surface area contributed by atoms with Gasteiger partial charge in [-0.3, -0.25) is 0 Å². The van der Waals surface area contributed by atoms with E-state index in [0.29, 0.717) is 23.3 Å². The number of ether oxygens (including phenoxy) is 2. The molecule has 0 aromatic heterocycles. The van der Waals surface area contributed by atoms with Gasteiger partial charge in [0.2, 0.25) is 0 Å². The molecule has 2 unspecified atom stereocenters. The third kappa shape index (κ3) is 3.76. The first-order chi connectivity index (χ1) is 9.11. The van der Waals surface area contributed by atoms with E-state index < -0.39 is 0 Å². The summed E-state index contributed by atoms with van der Waals surface area (Å²) in [4.78, 5) is 0. The van der Waals surface area contributed by atoms with E-state index in [9.17, 15) is 0 Å². The Morgan fingerprint density at radius 1 is 1.47 bits per heavy atom. The van der Waals surface area contributed by atoms with Crippen molar-refractivity contribution in [2.75, 3.05) is 19.8 Å². The van der Waals surface area contributed by atoms with Crippen molar-refractivity contribution in [1.29, 1.82) is 0 Å². The van der Waals surface area contributed by atoms with E-state index in [2.05, 4.69) is 12.2 Å². The maximum absolute atomic E-state index is 6.17. The van der Waals surface area contributed by atoms with Crippen LogP contribution in [0, 0.1) is 0 Å². The average molecular weight is 304 g/mol. The summed E-state index contributed by atoms with van der Waals surface area (Å²) in [5, 5.41) is 4.75. The second kappa shape index (κ2) is 6.80. The summed E-state index contributed by atoms with van der Waals surface area (Å²) in [7, 11) is 0. The summed E-state index contributed by atoms with van der Waals surface area (Å²) in [5.74, 6) is 0.749. The summed E-state index contributed by atoms with van der Waals surface area (Å²) in [5.41, 5.74) is 1.03. The van der Waals surface area contributed by atoms with Crippen LogP contribution in [0.5, 0.6) is 5.75 Å². The summed E-state index contributed by atoms with van der Waals surface area (Å²) in [6.45, 7) is 6.19. The molecule has 1 N–H and O–H groups in total. The topological polar surface area (TPSA) is 30.5 Å². The molecular formula is C14H19Cl2NO2. The zero-order chi connectivity index (χ0) is 13.8. The molecule has 0 bridgehead atoms. The minimum absolute atomic E-state index is 0.204. The molecule has 0 saturated heterocycles. The second-order valence-corrected chi connectivity index (χ2v) is 5.57. The van der Waals surface area contributed by atoms with Crippen LogP contribution in [0.3, 0.4) is 0 Å². The van der Waals surface area contributed by atoms with E-state index in [1.807, 2.05) is 13.0 Å². The SMILES string of the molecule is CCOCC(C)NC1CCOc2c(Cl)cc(Cl)cc21. The Balaban J connectivity index is 2.13. The first-order valence-corrected chi connectivity index (χ1v) is 7.33. The summed E-state index contributed by atoms with van der Waals surface area (Å²) >= 11 is 12.2. The van der Waals surface area contributed by atoms with Gasteiger partial charge >= 0.3 is 0 Å². The van der Waals surface area contributed by atoms with Crippen molar-refractivity contribution in [3.63, 3.8) is 0 Å². The van der Waals surface area contributed by atoms with Gasteiger partial charge in [-0.2, -0.15) is 0 Å². The summed E-state index contributed by atoms with van der Waals surface area (Å²) in [6, 6.07) is 4.12. The quantitative estimate of drug-likeness (QED) is 0.896. The lowest BCUT2D eigenvalue weighted by molar-refractivity contribution is 0.119. The monoisotopic (exact) mass is 303 g/mol. The lowest BCUT2D eigenvalue weighted by atomic mass is 10.00. The van der Waals surface area contributed by atoms with Crippen LogP contribution >= 0.6 is 23.2 Å². The highest BCUT2D eigenvalue weighted by Crippen LogP contribution is 2.40. The fourth-order valence-electron chi connectivity index (χ4n) is 2.29. The Kier molecular flexibility index (Phi) is 5.34. The molecule has 3 nitrogen and oxygen atoms in total. The van der Waals surface area contributed by atoms with Crippen molar-refractivity contribution >= 4 is 23.2 Å². The first kappa shape index (κ1) is 14.9. The number of fused-ring (bicyclic) bond motifs is 1. The third-order valence-electron chi connectivity index (χ3n) is 3.12. The van der Waals surface area contributed by atoms with Crippen molar-refractivity contribution in [2.45, 2.75) is 32.4 Å². The Morgan fingerprint density at radius 2 is 2.26 bits per heavy atom. The second-order valence-electron chi connectivity index (χ2n) is 4.72.